The van der Waals surface area contributed by atoms with E-state index in [0.717, 1.165) is 5.69 Å². The normalized spacial score (nSPS) is 12.7. The average Bonchev–Trinajstić information content (AvgIpc) is 2.62. The number of hydrogen-bond donors (Lipinski definition) is 1. The van der Waals surface area contributed by atoms with Gasteiger partial charge in [-0.05, 0) is 12.1 Å². The number of hydrogen-bond acceptors (Lipinski definition) is 4. The summed E-state index contributed by atoms with van der Waals surface area (Å²) >= 11 is -1.29. The molecule has 78 valence electrons. The highest BCUT2D eigenvalue weighted by atomic mass is 32.2. The van der Waals surface area contributed by atoms with Gasteiger partial charge in [0.05, 0.1) is 5.69 Å². The van der Waals surface area contributed by atoms with Crippen LogP contribution >= 0.6 is 0 Å². The van der Waals surface area contributed by atoms with E-state index in [1.54, 1.807) is 12.1 Å². The van der Waals surface area contributed by atoms with Crippen LogP contribution in [0.1, 0.15) is 0 Å². The van der Waals surface area contributed by atoms with Crippen molar-refractivity contribution in [1.29, 1.82) is 0 Å². The van der Waals surface area contributed by atoms with Crippen molar-refractivity contribution in [2.45, 2.75) is 5.16 Å². The number of aromatic hydroxyl groups is 1. The van der Waals surface area contributed by atoms with E-state index in [-0.39, 0.29) is 11.2 Å². The lowest BCUT2D eigenvalue weighted by Gasteiger charge is -2.04. The van der Waals surface area contributed by atoms with Gasteiger partial charge in [-0.15, -0.1) is 10.1 Å². The van der Waals surface area contributed by atoms with Crippen LogP contribution in [0.15, 0.2) is 35.5 Å². The molecule has 5 nitrogen and oxygen atoms in total. The van der Waals surface area contributed by atoms with Crippen LogP contribution in [0.2, 0.25) is 0 Å². The predicted molar refractivity (Wildman–Crippen MR) is 55.4 cm³/mol. The number of para-hydroxylation sites is 1. The Kier molecular flexibility index (Phi) is 2.61. The van der Waals surface area contributed by atoms with E-state index in [1.165, 1.54) is 10.9 Å². The summed E-state index contributed by atoms with van der Waals surface area (Å²) in [6, 6.07) is 8.74. The Hall–Kier alpha value is -1.53. The second-order valence-electron chi connectivity index (χ2n) is 2.90. The largest absolute Gasteiger partial charge is 0.609 e. The minimum atomic E-state index is -1.29. The Morgan fingerprint density at radius 3 is 2.60 bits per heavy atom. The first-order valence-corrected chi connectivity index (χ1v) is 5.79. The highest BCUT2D eigenvalue weighted by Gasteiger charge is 2.18. The molecule has 15 heavy (non-hydrogen) atoms. The summed E-state index contributed by atoms with van der Waals surface area (Å²) < 4.78 is 12.7. The lowest BCUT2D eigenvalue weighted by atomic mass is 10.3. The van der Waals surface area contributed by atoms with Crippen molar-refractivity contribution in [3.05, 3.63) is 30.3 Å². The molecule has 6 heteroatoms. The van der Waals surface area contributed by atoms with E-state index in [2.05, 4.69) is 10.1 Å². The molecule has 0 aliphatic heterocycles. The third kappa shape index (κ3) is 1.95. The molecule has 0 saturated heterocycles. The second kappa shape index (κ2) is 3.92. The van der Waals surface area contributed by atoms with Crippen LogP contribution in [-0.2, 0) is 11.2 Å². The molecule has 1 aromatic heterocycles. The fraction of sp³-hybridized carbons (Fsp3) is 0.111. The third-order valence-electron chi connectivity index (χ3n) is 1.82. The van der Waals surface area contributed by atoms with E-state index in [4.69, 9.17) is 5.11 Å². The molecule has 1 heterocycles. The van der Waals surface area contributed by atoms with E-state index in [1.807, 2.05) is 18.2 Å². The summed E-state index contributed by atoms with van der Waals surface area (Å²) in [6.45, 7) is 0. The molecule has 0 aliphatic carbocycles. The molecule has 1 N–H and O–H groups in total. The van der Waals surface area contributed by atoms with E-state index in [0.29, 0.717) is 0 Å². The first kappa shape index (κ1) is 10.0. The van der Waals surface area contributed by atoms with Gasteiger partial charge in [0.15, 0.2) is 0 Å². The first-order chi connectivity index (χ1) is 7.18. The van der Waals surface area contributed by atoms with Crippen molar-refractivity contribution >= 4 is 11.2 Å². The molecule has 0 spiro atoms. The maximum absolute atomic E-state index is 11.3. The Balaban J connectivity index is 2.53. The van der Waals surface area contributed by atoms with E-state index in [9.17, 15) is 4.55 Å². The zero-order valence-corrected chi connectivity index (χ0v) is 8.81. The molecule has 1 aromatic carbocycles. The molecule has 0 bridgehead atoms. The number of benzene rings is 1. The van der Waals surface area contributed by atoms with Gasteiger partial charge in [-0.25, -0.2) is 0 Å². The van der Waals surface area contributed by atoms with Crippen molar-refractivity contribution in [2.24, 2.45) is 0 Å². The monoisotopic (exact) mass is 223 g/mol. The van der Waals surface area contributed by atoms with Gasteiger partial charge in [-0.2, -0.15) is 4.68 Å². The molecular formula is C9H9N3O2S. The zero-order chi connectivity index (χ0) is 10.8. The Morgan fingerprint density at radius 2 is 2.00 bits per heavy atom. The summed E-state index contributed by atoms with van der Waals surface area (Å²) in [4.78, 5) is 3.69. The van der Waals surface area contributed by atoms with Crippen LogP contribution < -0.4 is 0 Å². The SMILES string of the molecule is C[S+]([O-])c1nc(O)nn1-c1ccccc1. The fourth-order valence-electron chi connectivity index (χ4n) is 1.21. The smallest absolute Gasteiger partial charge is 0.348 e. The van der Waals surface area contributed by atoms with Gasteiger partial charge in [0, 0.05) is 11.2 Å². The van der Waals surface area contributed by atoms with Crippen molar-refractivity contribution in [3.63, 3.8) is 0 Å². The molecule has 0 saturated carbocycles. The second-order valence-corrected chi connectivity index (χ2v) is 4.17. The van der Waals surface area contributed by atoms with Crippen LogP contribution in [0.5, 0.6) is 6.01 Å². The average molecular weight is 223 g/mol. The number of aromatic nitrogens is 3. The van der Waals surface area contributed by atoms with E-state index >= 15 is 0 Å². The van der Waals surface area contributed by atoms with Crippen molar-refractivity contribution in [2.75, 3.05) is 6.26 Å². The molecule has 1 atom stereocenters. The molecule has 2 rings (SSSR count). The lowest BCUT2D eigenvalue weighted by molar-refractivity contribution is 0.429. The summed E-state index contributed by atoms with van der Waals surface area (Å²) in [5, 5.41) is 13.2. The highest BCUT2D eigenvalue weighted by Crippen LogP contribution is 2.15. The summed E-state index contributed by atoms with van der Waals surface area (Å²) in [5.74, 6) is 0. The standard InChI is InChI=1S/C9H9N3O2S/c1-15(14)9-10-8(13)11-12(9)7-5-3-2-4-6-7/h2-6H,1H3,(H,11,13). The first-order valence-electron chi connectivity index (χ1n) is 4.23. The molecule has 2 aromatic rings. The molecule has 0 amide bonds. The summed E-state index contributed by atoms with van der Waals surface area (Å²) in [5.41, 5.74) is 0.718. The predicted octanol–water partition coefficient (Wildman–Crippen LogP) is 0.710. The minimum Gasteiger partial charge on any atom is -0.609 e. The maximum atomic E-state index is 11.3. The molecule has 0 radical (unpaired) electrons. The Bertz CT molecular complexity index is 456. The van der Waals surface area contributed by atoms with Crippen molar-refractivity contribution < 1.29 is 9.66 Å². The number of nitrogens with zero attached hydrogens (tertiary/aromatic N) is 3. The van der Waals surface area contributed by atoms with Gasteiger partial charge in [0.2, 0.25) is 0 Å². The molecule has 0 aliphatic rings. The van der Waals surface area contributed by atoms with Gasteiger partial charge in [-0.3, -0.25) is 0 Å². The van der Waals surface area contributed by atoms with Crippen LogP contribution in [0.25, 0.3) is 5.69 Å². The van der Waals surface area contributed by atoms with Crippen molar-refractivity contribution in [3.8, 4) is 11.7 Å². The molecule has 0 fully saturated rings. The van der Waals surface area contributed by atoms with Gasteiger partial charge in [0.1, 0.15) is 6.26 Å². The molecular weight excluding hydrogens is 214 g/mol. The highest BCUT2D eigenvalue weighted by molar-refractivity contribution is 7.90. The van der Waals surface area contributed by atoms with Gasteiger partial charge >= 0.3 is 11.2 Å². The topological polar surface area (TPSA) is 74.0 Å². The lowest BCUT2D eigenvalue weighted by Crippen LogP contribution is -2.08. The van der Waals surface area contributed by atoms with Crippen LogP contribution in [0.4, 0.5) is 0 Å². The quantitative estimate of drug-likeness (QED) is 0.761. The Morgan fingerprint density at radius 1 is 1.33 bits per heavy atom. The summed E-state index contributed by atoms with van der Waals surface area (Å²) in [7, 11) is 0. The maximum Gasteiger partial charge on any atom is 0.348 e. The van der Waals surface area contributed by atoms with Gasteiger partial charge < -0.3 is 9.66 Å². The van der Waals surface area contributed by atoms with E-state index < -0.39 is 11.2 Å². The van der Waals surface area contributed by atoms with Crippen molar-refractivity contribution in [1.82, 2.24) is 14.8 Å². The minimum absolute atomic E-state index is 0.235. The number of rotatable bonds is 2. The van der Waals surface area contributed by atoms with Crippen LogP contribution in [-0.4, -0.2) is 30.7 Å². The fourth-order valence-corrected chi connectivity index (χ4v) is 1.81. The van der Waals surface area contributed by atoms with Gasteiger partial charge in [-0.1, -0.05) is 18.2 Å². The van der Waals surface area contributed by atoms with Crippen LogP contribution in [0, 0.1) is 0 Å². The Labute approximate surface area is 89.6 Å². The third-order valence-corrected chi connectivity index (χ3v) is 2.60. The zero-order valence-electron chi connectivity index (χ0n) is 7.99. The van der Waals surface area contributed by atoms with Gasteiger partial charge in [0.25, 0.3) is 0 Å². The molecule has 1 unspecified atom stereocenters. The van der Waals surface area contributed by atoms with Crippen LogP contribution in [0.3, 0.4) is 0 Å². The summed E-state index contributed by atoms with van der Waals surface area (Å²) in [6.07, 6.45) is 1.49.